The normalized spacial score (nSPS) is 9.95. The summed E-state index contributed by atoms with van der Waals surface area (Å²) < 4.78 is 6.57. The number of hydrogen-bond donors (Lipinski definition) is 1. The topological polar surface area (TPSA) is 29.5 Å². The Morgan fingerprint density at radius 3 is 1.95 bits per heavy atom. The van der Waals surface area contributed by atoms with Gasteiger partial charge in [-0.15, -0.1) is 0 Å². The van der Waals surface area contributed by atoms with Crippen molar-refractivity contribution >= 4 is 18.9 Å². The molecular weight excluding hydrogens is 371 g/mol. The Bertz CT molecular complexity index is 218. The molecule has 1 amide bonds. The average Bonchev–Trinajstić information content (AvgIpc) is 2.42. The summed E-state index contributed by atoms with van der Waals surface area (Å²) in [5, 5.41) is 0. The van der Waals surface area contributed by atoms with Crippen LogP contribution in [0, 0.1) is 0 Å². The smallest absolute Gasteiger partial charge is 0.419 e. The van der Waals surface area contributed by atoms with Gasteiger partial charge >= 0.3 is 6.09 Å². The molecule has 0 aliphatic rings. The quantitative estimate of drug-likeness (QED) is 0.276. The molecule has 0 fully saturated rings. The Morgan fingerprint density at radius 1 is 0.900 bits per heavy atom. The molecule has 20 heavy (non-hydrogen) atoms. The minimum Gasteiger partial charge on any atom is -0.449 e. The van der Waals surface area contributed by atoms with Crippen LogP contribution in [0.5, 0.6) is 0 Å². The minimum atomic E-state index is -0.297. The van der Waals surface area contributed by atoms with Gasteiger partial charge in [0.1, 0.15) is 0 Å². The first kappa shape index (κ1) is 22.8. The molecule has 0 heterocycles. The van der Waals surface area contributed by atoms with Crippen LogP contribution in [-0.2, 0) is 32.0 Å². The van der Waals surface area contributed by atoms with Crippen molar-refractivity contribution in [3.8, 4) is 0 Å². The summed E-state index contributed by atoms with van der Waals surface area (Å²) in [6, 6.07) is 0. The third-order valence-electron chi connectivity index (χ3n) is 3.16. The van der Waals surface area contributed by atoms with Crippen LogP contribution in [0.4, 0.5) is 4.79 Å². The number of unbranched alkanes of at least 4 members (excludes halogenated alkanes) is 8. The van der Waals surface area contributed by atoms with E-state index in [2.05, 4.69) is 26.7 Å². The maximum Gasteiger partial charge on any atom is 0.419 e. The Hall–Kier alpha value is 0.542. The van der Waals surface area contributed by atoms with Gasteiger partial charge in [0.15, 0.2) is 0 Å². The van der Waals surface area contributed by atoms with E-state index < -0.39 is 0 Å². The molecule has 0 aromatic rings. The molecule has 0 aliphatic carbocycles. The molecule has 0 rings (SSSR count). The number of carbonyl (C=O) groups excluding carboxylic acids is 1. The van der Waals surface area contributed by atoms with Crippen LogP contribution in [0.1, 0.15) is 78.1 Å². The third kappa shape index (κ3) is 14.9. The SMILES string of the molecule is CCCCCCCOC(=O)N(S)CCCCCCC.[Cd]. The maximum atomic E-state index is 11.6. The molecule has 0 bridgehead atoms. The number of rotatable bonds is 12. The van der Waals surface area contributed by atoms with Crippen molar-refractivity contribution in [2.24, 2.45) is 0 Å². The summed E-state index contributed by atoms with van der Waals surface area (Å²) in [6.45, 7) is 5.60. The average molecular weight is 402 g/mol. The van der Waals surface area contributed by atoms with Gasteiger partial charge in [-0.3, -0.25) is 4.31 Å². The zero-order valence-electron chi connectivity index (χ0n) is 13.4. The van der Waals surface area contributed by atoms with Crippen LogP contribution >= 0.6 is 12.8 Å². The van der Waals surface area contributed by atoms with Crippen LogP contribution < -0.4 is 0 Å². The van der Waals surface area contributed by atoms with Gasteiger partial charge in [-0.05, 0) is 12.8 Å². The van der Waals surface area contributed by atoms with E-state index in [1.54, 1.807) is 0 Å². The summed E-state index contributed by atoms with van der Waals surface area (Å²) in [7, 11) is 0. The van der Waals surface area contributed by atoms with E-state index in [9.17, 15) is 4.79 Å². The zero-order valence-corrected chi connectivity index (χ0v) is 18.3. The second kappa shape index (κ2) is 17.6. The van der Waals surface area contributed by atoms with Crippen molar-refractivity contribution in [3.05, 3.63) is 0 Å². The van der Waals surface area contributed by atoms with Crippen LogP contribution in [0.3, 0.4) is 0 Å². The molecule has 0 aromatic heterocycles. The maximum absolute atomic E-state index is 11.6. The van der Waals surface area contributed by atoms with Gasteiger partial charge in [0.2, 0.25) is 0 Å². The molecule has 5 heteroatoms. The van der Waals surface area contributed by atoms with Gasteiger partial charge < -0.3 is 4.74 Å². The van der Waals surface area contributed by atoms with Crippen LogP contribution in [0.15, 0.2) is 0 Å². The van der Waals surface area contributed by atoms with Gasteiger partial charge in [-0.2, -0.15) is 0 Å². The summed E-state index contributed by atoms with van der Waals surface area (Å²) >= 11 is 4.17. The van der Waals surface area contributed by atoms with Gasteiger partial charge in [0.25, 0.3) is 0 Å². The number of nitrogens with zero attached hydrogens (tertiary/aromatic N) is 1. The van der Waals surface area contributed by atoms with Crippen molar-refractivity contribution in [2.75, 3.05) is 13.2 Å². The molecule has 0 saturated carbocycles. The molecule has 3 nitrogen and oxygen atoms in total. The molecular formula is C15H31CdNO2S. The number of amides is 1. The van der Waals surface area contributed by atoms with Crippen LogP contribution in [0.2, 0.25) is 0 Å². The Balaban J connectivity index is 0. The van der Waals surface area contributed by atoms with Crippen LogP contribution in [-0.4, -0.2) is 23.6 Å². The standard InChI is InChI=1S/C15H31NO2S.Cd/c1-3-5-7-9-11-13-16(19)15(17)18-14-12-10-8-6-4-2;/h19H,3-14H2,1-2H3;. The number of hydrogen-bond acceptors (Lipinski definition) is 3. The second-order valence-corrected chi connectivity index (χ2v) is 5.55. The van der Waals surface area contributed by atoms with E-state index in [-0.39, 0.29) is 33.4 Å². The van der Waals surface area contributed by atoms with Crippen molar-refractivity contribution in [2.45, 2.75) is 78.1 Å². The van der Waals surface area contributed by atoms with Gasteiger partial charge in [-0.1, -0.05) is 78.0 Å². The van der Waals surface area contributed by atoms with Crippen molar-refractivity contribution < 1.29 is 36.8 Å². The van der Waals surface area contributed by atoms with Gasteiger partial charge in [0.05, 0.1) is 6.61 Å². The minimum absolute atomic E-state index is 0. The Kier molecular flexibility index (Phi) is 20.1. The summed E-state index contributed by atoms with van der Waals surface area (Å²) in [5.74, 6) is 0. The number of ether oxygens (including phenoxy) is 1. The molecule has 116 valence electrons. The summed E-state index contributed by atoms with van der Waals surface area (Å²) in [6.07, 6.45) is 11.5. The largest absolute Gasteiger partial charge is 0.449 e. The van der Waals surface area contributed by atoms with Crippen molar-refractivity contribution in [1.82, 2.24) is 4.31 Å². The number of carbonyl (C=O) groups is 1. The van der Waals surface area contributed by atoms with Crippen molar-refractivity contribution in [1.29, 1.82) is 0 Å². The predicted octanol–water partition coefficient (Wildman–Crippen LogP) is 5.21. The zero-order chi connectivity index (χ0) is 14.3. The van der Waals surface area contributed by atoms with Crippen LogP contribution in [0.25, 0.3) is 0 Å². The molecule has 0 N–H and O–H groups in total. The summed E-state index contributed by atoms with van der Waals surface area (Å²) in [4.78, 5) is 11.6. The van der Waals surface area contributed by atoms with Gasteiger partial charge in [0, 0.05) is 33.8 Å². The fourth-order valence-corrected chi connectivity index (χ4v) is 2.10. The summed E-state index contributed by atoms with van der Waals surface area (Å²) in [5.41, 5.74) is 0. The molecule has 0 radical (unpaired) electrons. The molecule has 0 spiro atoms. The molecule has 0 saturated heterocycles. The first-order chi connectivity index (χ1) is 9.22. The van der Waals surface area contributed by atoms with E-state index in [0.717, 1.165) is 25.7 Å². The number of thiol groups is 1. The molecule has 0 unspecified atom stereocenters. The van der Waals surface area contributed by atoms with E-state index >= 15 is 0 Å². The van der Waals surface area contributed by atoms with E-state index in [1.807, 2.05) is 0 Å². The first-order valence-corrected chi connectivity index (χ1v) is 8.25. The van der Waals surface area contributed by atoms with E-state index in [4.69, 9.17) is 4.74 Å². The molecule has 0 aromatic carbocycles. The molecule has 0 aliphatic heterocycles. The predicted molar refractivity (Wildman–Crippen MR) is 84.6 cm³/mol. The first-order valence-electron chi connectivity index (χ1n) is 7.85. The van der Waals surface area contributed by atoms with E-state index in [1.165, 1.54) is 42.8 Å². The monoisotopic (exact) mass is 403 g/mol. The van der Waals surface area contributed by atoms with E-state index in [0.29, 0.717) is 13.2 Å². The fourth-order valence-electron chi connectivity index (χ4n) is 1.90. The second-order valence-electron chi connectivity index (χ2n) is 5.07. The van der Waals surface area contributed by atoms with Gasteiger partial charge in [-0.25, -0.2) is 4.79 Å². The Morgan fingerprint density at radius 2 is 1.40 bits per heavy atom. The Labute approximate surface area is 150 Å². The third-order valence-corrected chi connectivity index (χ3v) is 3.52. The fraction of sp³-hybridized carbons (Fsp3) is 0.933. The molecule has 0 atom stereocenters. The van der Waals surface area contributed by atoms with Crippen molar-refractivity contribution in [3.63, 3.8) is 0 Å².